The van der Waals surface area contributed by atoms with E-state index in [9.17, 15) is 18.7 Å². The molecule has 104 valence electrons. The van der Waals surface area contributed by atoms with Crippen molar-refractivity contribution in [2.24, 2.45) is 0 Å². The average molecular weight is 271 g/mol. The summed E-state index contributed by atoms with van der Waals surface area (Å²) in [4.78, 5) is 12.7. The number of amides is 1. The van der Waals surface area contributed by atoms with E-state index < -0.39 is 30.8 Å². The summed E-state index contributed by atoms with van der Waals surface area (Å²) in [7, 11) is 0. The zero-order valence-corrected chi connectivity index (χ0v) is 10.4. The van der Waals surface area contributed by atoms with Crippen molar-refractivity contribution in [3.05, 3.63) is 35.9 Å². The molecule has 1 N–H and O–H groups in total. The van der Waals surface area contributed by atoms with Gasteiger partial charge in [-0.2, -0.15) is 8.78 Å². The van der Waals surface area contributed by atoms with Gasteiger partial charge in [-0.05, 0) is 12.5 Å². The molecule has 0 spiro atoms. The maximum atomic E-state index is 13.4. The van der Waals surface area contributed by atoms with Gasteiger partial charge in [-0.15, -0.1) is 0 Å². The SMILES string of the molecule is CC1OC(F)(F)C(=O)N(Cc2ccccc2)C1CO. The largest absolute Gasteiger partial charge is 0.437 e. The quantitative estimate of drug-likeness (QED) is 0.903. The van der Waals surface area contributed by atoms with Crippen molar-refractivity contribution in [1.82, 2.24) is 4.90 Å². The maximum absolute atomic E-state index is 13.4. The van der Waals surface area contributed by atoms with Crippen molar-refractivity contribution in [1.29, 1.82) is 0 Å². The summed E-state index contributed by atoms with van der Waals surface area (Å²) >= 11 is 0. The first-order chi connectivity index (χ1) is 8.95. The number of halogens is 2. The molecule has 1 saturated heterocycles. The minimum Gasteiger partial charge on any atom is -0.394 e. The monoisotopic (exact) mass is 271 g/mol. The van der Waals surface area contributed by atoms with E-state index in [1.165, 1.54) is 6.92 Å². The van der Waals surface area contributed by atoms with Crippen LogP contribution in [0.15, 0.2) is 30.3 Å². The molecule has 1 heterocycles. The van der Waals surface area contributed by atoms with Crippen molar-refractivity contribution >= 4 is 5.91 Å². The van der Waals surface area contributed by atoms with E-state index >= 15 is 0 Å². The highest BCUT2D eigenvalue weighted by Crippen LogP contribution is 2.31. The van der Waals surface area contributed by atoms with Gasteiger partial charge in [-0.1, -0.05) is 30.3 Å². The second-order valence-electron chi connectivity index (χ2n) is 4.51. The average Bonchev–Trinajstić information content (AvgIpc) is 2.37. The van der Waals surface area contributed by atoms with Gasteiger partial charge in [0.05, 0.1) is 18.8 Å². The molecule has 2 unspecified atom stereocenters. The lowest BCUT2D eigenvalue weighted by atomic mass is 10.1. The molecule has 1 aromatic carbocycles. The first-order valence-electron chi connectivity index (χ1n) is 5.97. The smallest absolute Gasteiger partial charge is 0.394 e. The fourth-order valence-corrected chi connectivity index (χ4v) is 2.15. The molecule has 0 aliphatic carbocycles. The van der Waals surface area contributed by atoms with Gasteiger partial charge in [-0.3, -0.25) is 4.79 Å². The second kappa shape index (κ2) is 5.22. The summed E-state index contributed by atoms with van der Waals surface area (Å²) in [5.41, 5.74) is 0.721. The summed E-state index contributed by atoms with van der Waals surface area (Å²) in [5.74, 6) is -1.41. The number of carbonyl (C=O) groups excluding carboxylic acids is 1. The van der Waals surface area contributed by atoms with E-state index in [4.69, 9.17) is 0 Å². The number of hydrogen-bond donors (Lipinski definition) is 1. The molecule has 0 radical (unpaired) electrons. The van der Waals surface area contributed by atoms with Crippen LogP contribution in [0, 0.1) is 0 Å². The highest BCUT2D eigenvalue weighted by atomic mass is 19.3. The molecule has 1 aromatic rings. The van der Waals surface area contributed by atoms with E-state index in [1.807, 2.05) is 0 Å². The number of hydrogen-bond acceptors (Lipinski definition) is 3. The lowest BCUT2D eigenvalue weighted by molar-refractivity contribution is -0.286. The number of nitrogens with zero attached hydrogens (tertiary/aromatic N) is 1. The Morgan fingerprint density at radius 2 is 2.00 bits per heavy atom. The highest BCUT2D eigenvalue weighted by Gasteiger charge is 2.53. The van der Waals surface area contributed by atoms with Crippen LogP contribution in [-0.2, 0) is 16.1 Å². The van der Waals surface area contributed by atoms with Crippen LogP contribution >= 0.6 is 0 Å². The topological polar surface area (TPSA) is 49.8 Å². The molecule has 1 amide bonds. The molecular weight excluding hydrogens is 256 g/mol. The lowest BCUT2D eigenvalue weighted by Crippen LogP contribution is -2.61. The highest BCUT2D eigenvalue weighted by molar-refractivity contribution is 5.83. The van der Waals surface area contributed by atoms with Crippen LogP contribution in [0.4, 0.5) is 8.78 Å². The van der Waals surface area contributed by atoms with Gasteiger partial charge >= 0.3 is 12.0 Å². The molecular formula is C13H15F2NO3. The third-order valence-electron chi connectivity index (χ3n) is 3.17. The molecule has 6 heteroatoms. The van der Waals surface area contributed by atoms with Gasteiger partial charge < -0.3 is 14.7 Å². The normalized spacial score (nSPS) is 26.5. The Kier molecular flexibility index (Phi) is 3.82. The van der Waals surface area contributed by atoms with Gasteiger partial charge in [0.15, 0.2) is 0 Å². The van der Waals surface area contributed by atoms with Crippen LogP contribution in [0.1, 0.15) is 12.5 Å². The Hall–Kier alpha value is -1.53. The van der Waals surface area contributed by atoms with E-state index in [1.54, 1.807) is 30.3 Å². The van der Waals surface area contributed by atoms with Crippen LogP contribution < -0.4 is 0 Å². The fourth-order valence-electron chi connectivity index (χ4n) is 2.15. The van der Waals surface area contributed by atoms with Gasteiger partial charge in [0.2, 0.25) is 0 Å². The van der Waals surface area contributed by atoms with Crippen LogP contribution in [0.3, 0.4) is 0 Å². The third-order valence-corrected chi connectivity index (χ3v) is 3.17. The van der Waals surface area contributed by atoms with E-state index in [2.05, 4.69) is 4.74 Å². The van der Waals surface area contributed by atoms with Crippen molar-refractivity contribution in [2.75, 3.05) is 6.61 Å². The number of aliphatic hydroxyl groups is 1. The van der Waals surface area contributed by atoms with E-state index in [-0.39, 0.29) is 6.54 Å². The summed E-state index contributed by atoms with van der Waals surface area (Å²) in [5, 5.41) is 9.28. The summed E-state index contributed by atoms with van der Waals surface area (Å²) in [6, 6.07) is 8.02. The number of ether oxygens (including phenoxy) is 1. The van der Waals surface area contributed by atoms with Gasteiger partial charge in [0.1, 0.15) is 0 Å². The Morgan fingerprint density at radius 3 is 2.58 bits per heavy atom. The lowest BCUT2D eigenvalue weighted by Gasteiger charge is -2.41. The maximum Gasteiger partial charge on any atom is 0.437 e. The third kappa shape index (κ3) is 2.74. The number of morpholine rings is 1. The number of aliphatic hydroxyl groups excluding tert-OH is 1. The molecule has 0 aromatic heterocycles. The minimum atomic E-state index is -3.83. The molecule has 2 rings (SSSR count). The molecule has 0 saturated carbocycles. The van der Waals surface area contributed by atoms with Crippen LogP contribution in [0.2, 0.25) is 0 Å². The summed E-state index contributed by atoms with van der Waals surface area (Å²) in [6.07, 6.45) is -4.76. The van der Waals surface area contributed by atoms with E-state index in [0.717, 1.165) is 10.5 Å². The number of rotatable bonds is 3. The first-order valence-corrected chi connectivity index (χ1v) is 5.97. The van der Waals surface area contributed by atoms with Gasteiger partial charge in [-0.25, -0.2) is 0 Å². The molecule has 1 aliphatic heterocycles. The van der Waals surface area contributed by atoms with Gasteiger partial charge in [0.25, 0.3) is 0 Å². The Bertz CT molecular complexity index is 452. The van der Waals surface area contributed by atoms with Crippen molar-refractivity contribution < 1.29 is 23.4 Å². The zero-order valence-electron chi connectivity index (χ0n) is 10.4. The Balaban J connectivity index is 2.25. The van der Waals surface area contributed by atoms with Crippen molar-refractivity contribution in [2.45, 2.75) is 31.7 Å². The predicted octanol–water partition coefficient (Wildman–Crippen LogP) is 1.39. The minimum absolute atomic E-state index is 0.0220. The van der Waals surface area contributed by atoms with Crippen molar-refractivity contribution in [3.63, 3.8) is 0 Å². The Morgan fingerprint density at radius 1 is 1.37 bits per heavy atom. The van der Waals surface area contributed by atoms with Gasteiger partial charge in [0, 0.05) is 6.54 Å². The first kappa shape index (κ1) is 13.9. The summed E-state index contributed by atoms with van der Waals surface area (Å²) in [6.45, 7) is 1.02. The number of carbonyl (C=O) groups is 1. The molecule has 1 fully saturated rings. The van der Waals surface area contributed by atoms with Crippen LogP contribution in [0.5, 0.6) is 0 Å². The Labute approximate surface area is 109 Å². The molecule has 19 heavy (non-hydrogen) atoms. The summed E-state index contributed by atoms with van der Waals surface area (Å²) < 4.78 is 31.2. The molecule has 2 atom stereocenters. The standard InChI is InChI=1S/C13H15F2NO3/c1-9-11(8-17)16(12(18)13(14,15)19-9)7-10-5-3-2-4-6-10/h2-6,9,11,17H,7-8H2,1H3. The number of alkyl halides is 2. The van der Waals surface area contributed by atoms with Crippen LogP contribution in [0.25, 0.3) is 0 Å². The fraction of sp³-hybridized carbons (Fsp3) is 0.462. The van der Waals surface area contributed by atoms with E-state index in [0.29, 0.717) is 0 Å². The zero-order chi connectivity index (χ0) is 14.0. The van der Waals surface area contributed by atoms with Crippen LogP contribution in [-0.4, -0.2) is 40.8 Å². The predicted molar refractivity (Wildman–Crippen MR) is 63.4 cm³/mol. The second-order valence-corrected chi connectivity index (χ2v) is 4.51. The number of benzene rings is 1. The molecule has 0 bridgehead atoms. The molecule has 4 nitrogen and oxygen atoms in total. The van der Waals surface area contributed by atoms with Crippen molar-refractivity contribution in [3.8, 4) is 0 Å². The molecule has 1 aliphatic rings.